The second kappa shape index (κ2) is 4.43. The molecule has 0 saturated heterocycles. The van der Waals surface area contributed by atoms with Crippen molar-refractivity contribution < 1.29 is 4.84 Å². The minimum absolute atomic E-state index is 0.569. The fraction of sp³-hybridized carbons (Fsp3) is 1.00. The molecule has 0 aromatic rings. The molecule has 13 heavy (non-hydrogen) atoms. The summed E-state index contributed by atoms with van der Waals surface area (Å²) >= 11 is 0. The van der Waals surface area contributed by atoms with Crippen LogP contribution in [0.5, 0.6) is 0 Å². The molecule has 0 aromatic carbocycles. The Balaban J connectivity index is 2.32. The second-order valence-corrected chi connectivity index (χ2v) is 5.31. The van der Waals surface area contributed by atoms with Gasteiger partial charge in [0.15, 0.2) is 0 Å². The van der Waals surface area contributed by atoms with E-state index in [4.69, 9.17) is 10.7 Å². The van der Waals surface area contributed by atoms with Crippen molar-refractivity contribution in [2.75, 3.05) is 6.61 Å². The number of hydrogen-bond acceptors (Lipinski definition) is 2. The van der Waals surface area contributed by atoms with E-state index in [9.17, 15) is 0 Å². The van der Waals surface area contributed by atoms with Crippen molar-refractivity contribution in [1.29, 1.82) is 0 Å². The summed E-state index contributed by atoms with van der Waals surface area (Å²) in [5.74, 6) is 6.55. The minimum Gasteiger partial charge on any atom is -0.304 e. The highest BCUT2D eigenvalue weighted by Crippen LogP contribution is 2.40. The Hall–Kier alpha value is -0.0800. The van der Waals surface area contributed by atoms with E-state index in [1.165, 1.54) is 25.7 Å². The van der Waals surface area contributed by atoms with E-state index in [1.807, 2.05) is 0 Å². The van der Waals surface area contributed by atoms with Gasteiger partial charge in [-0.2, -0.15) is 0 Å². The summed E-state index contributed by atoms with van der Waals surface area (Å²) in [6.07, 6.45) is 5.40. The monoisotopic (exact) mass is 185 g/mol. The molecule has 1 saturated carbocycles. The van der Waals surface area contributed by atoms with Crippen molar-refractivity contribution in [3.05, 3.63) is 0 Å². The standard InChI is InChI=1S/C11H23NO/c1-9(8-13-12)10-4-6-11(2,3)7-5-10/h9-10H,4-8,12H2,1-3H3. The highest BCUT2D eigenvalue weighted by atomic mass is 16.6. The van der Waals surface area contributed by atoms with Gasteiger partial charge in [-0.15, -0.1) is 0 Å². The van der Waals surface area contributed by atoms with Crippen molar-refractivity contribution in [2.24, 2.45) is 23.1 Å². The van der Waals surface area contributed by atoms with E-state index in [2.05, 4.69) is 20.8 Å². The lowest BCUT2D eigenvalue weighted by Gasteiger charge is -2.36. The zero-order chi connectivity index (χ0) is 9.90. The van der Waals surface area contributed by atoms with Gasteiger partial charge in [0, 0.05) is 0 Å². The van der Waals surface area contributed by atoms with Crippen molar-refractivity contribution in [2.45, 2.75) is 46.5 Å². The van der Waals surface area contributed by atoms with Gasteiger partial charge < -0.3 is 4.84 Å². The first-order valence-corrected chi connectivity index (χ1v) is 5.37. The van der Waals surface area contributed by atoms with Crippen LogP contribution < -0.4 is 5.90 Å². The van der Waals surface area contributed by atoms with Crippen LogP contribution in [0.2, 0.25) is 0 Å². The van der Waals surface area contributed by atoms with Crippen LogP contribution in [-0.2, 0) is 4.84 Å². The fourth-order valence-electron chi connectivity index (χ4n) is 2.28. The molecule has 1 fully saturated rings. The first-order valence-electron chi connectivity index (χ1n) is 5.37. The van der Waals surface area contributed by atoms with Crippen LogP contribution in [0.1, 0.15) is 46.5 Å². The maximum atomic E-state index is 5.09. The van der Waals surface area contributed by atoms with Crippen LogP contribution in [-0.4, -0.2) is 6.61 Å². The molecular formula is C11H23NO. The molecule has 0 heterocycles. The molecule has 0 bridgehead atoms. The van der Waals surface area contributed by atoms with Crippen LogP contribution in [0.15, 0.2) is 0 Å². The summed E-state index contributed by atoms with van der Waals surface area (Å²) < 4.78 is 0. The van der Waals surface area contributed by atoms with Gasteiger partial charge in [-0.3, -0.25) is 0 Å². The molecule has 2 nitrogen and oxygen atoms in total. The predicted molar refractivity (Wildman–Crippen MR) is 55.0 cm³/mol. The van der Waals surface area contributed by atoms with Crippen LogP contribution in [0.4, 0.5) is 0 Å². The van der Waals surface area contributed by atoms with Crippen molar-refractivity contribution >= 4 is 0 Å². The maximum absolute atomic E-state index is 5.09. The Labute approximate surface area is 81.8 Å². The average molecular weight is 185 g/mol. The van der Waals surface area contributed by atoms with Crippen LogP contribution >= 0.6 is 0 Å². The average Bonchev–Trinajstić information content (AvgIpc) is 2.04. The quantitative estimate of drug-likeness (QED) is 0.686. The van der Waals surface area contributed by atoms with Gasteiger partial charge in [-0.25, -0.2) is 5.90 Å². The summed E-state index contributed by atoms with van der Waals surface area (Å²) in [5.41, 5.74) is 0.569. The Kier molecular flexibility index (Phi) is 3.74. The van der Waals surface area contributed by atoms with Gasteiger partial charge in [0.1, 0.15) is 0 Å². The van der Waals surface area contributed by atoms with E-state index in [0.717, 1.165) is 5.92 Å². The smallest absolute Gasteiger partial charge is 0.0707 e. The third-order valence-electron chi connectivity index (χ3n) is 3.55. The zero-order valence-corrected chi connectivity index (χ0v) is 9.18. The molecule has 1 aliphatic rings. The summed E-state index contributed by atoms with van der Waals surface area (Å²) in [6.45, 7) is 7.70. The van der Waals surface area contributed by atoms with Gasteiger partial charge in [0.25, 0.3) is 0 Å². The van der Waals surface area contributed by atoms with E-state index in [0.29, 0.717) is 17.9 Å². The molecule has 78 valence electrons. The first kappa shape index (κ1) is 11.0. The molecule has 0 amide bonds. The summed E-state index contributed by atoms with van der Waals surface area (Å²) in [6, 6.07) is 0. The van der Waals surface area contributed by atoms with E-state index in [1.54, 1.807) is 0 Å². The third-order valence-corrected chi connectivity index (χ3v) is 3.55. The molecule has 1 aliphatic carbocycles. The van der Waals surface area contributed by atoms with Crippen LogP contribution in [0.3, 0.4) is 0 Å². The lowest BCUT2D eigenvalue weighted by atomic mass is 9.70. The zero-order valence-electron chi connectivity index (χ0n) is 9.18. The van der Waals surface area contributed by atoms with E-state index >= 15 is 0 Å². The summed E-state index contributed by atoms with van der Waals surface area (Å²) in [5, 5.41) is 0. The molecule has 1 rings (SSSR count). The fourth-order valence-corrected chi connectivity index (χ4v) is 2.28. The number of nitrogens with two attached hydrogens (primary N) is 1. The lowest BCUT2D eigenvalue weighted by Crippen LogP contribution is -2.27. The highest BCUT2D eigenvalue weighted by Gasteiger charge is 2.29. The molecular weight excluding hydrogens is 162 g/mol. The Bertz CT molecular complexity index is 146. The summed E-state index contributed by atoms with van der Waals surface area (Å²) in [4.78, 5) is 4.71. The van der Waals surface area contributed by atoms with Gasteiger partial charge in [-0.1, -0.05) is 20.8 Å². The van der Waals surface area contributed by atoms with Gasteiger partial charge in [-0.05, 0) is 42.9 Å². The highest BCUT2D eigenvalue weighted by molar-refractivity contribution is 4.80. The lowest BCUT2D eigenvalue weighted by molar-refractivity contribution is 0.0605. The Morgan fingerprint density at radius 2 is 1.92 bits per heavy atom. The SMILES string of the molecule is CC(CON)C1CCC(C)(C)CC1. The van der Waals surface area contributed by atoms with Crippen molar-refractivity contribution in [3.8, 4) is 0 Å². The molecule has 1 unspecified atom stereocenters. The number of rotatable bonds is 3. The van der Waals surface area contributed by atoms with Gasteiger partial charge in [0.05, 0.1) is 6.61 Å². The Morgan fingerprint density at radius 3 is 2.38 bits per heavy atom. The minimum atomic E-state index is 0.569. The molecule has 2 N–H and O–H groups in total. The molecule has 0 spiro atoms. The van der Waals surface area contributed by atoms with E-state index < -0.39 is 0 Å². The predicted octanol–water partition coefficient (Wildman–Crippen LogP) is 2.73. The first-order chi connectivity index (χ1) is 6.05. The Morgan fingerprint density at radius 1 is 1.38 bits per heavy atom. The van der Waals surface area contributed by atoms with Crippen LogP contribution in [0, 0.1) is 17.3 Å². The van der Waals surface area contributed by atoms with Crippen molar-refractivity contribution in [1.82, 2.24) is 0 Å². The van der Waals surface area contributed by atoms with Gasteiger partial charge >= 0.3 is 0 Å². The third kappa shape index (κ3) is 3.28. The second-order valence-electron chi connectivity index (χ2n) is 5.31. The van der Waals surface area contributed by atoms with Crippen LogP contribution in [0.25, 0.3) is 0 Å². The molecule has 0 radical (unpaired) electrons. The van der Waals surface area contributed by atoms with Crippen molar-refractivity contribution in [3.63, 3.8) is 0 Å². The number of hydrogen-bond donors (Lipinski definition) is 1. The molecule has 1 atom stereocenters. The molecule has 0 aliphatic heterocycles. The summed E-state index contributed by atoms with van der Waals surface area (Å²) in [7, 11) is 0. The maximum Gasteiger partial charge on any atom is 0.0707 e. The molecule has 0 aromatic heterocycles. The van der Waals surface area contributed by atoms with E-state index in [-0.39, 0.29) is 0 Å². The molecule has 2 heteroatoms. The topological polar surface area (TPSA) is 35.2 Å². The largest absolute Gasteiger partial charge is 0.304 e. The van der Waals surface area contributed by atoms with Gasteiger partial charge in [0.2, 0.25) is 0 Å². The normalized spacial score (nSPS) is 25.8.